The van der Waals surface area contributed by atoms with E-state index in [9.17, 15) is 9.18 Å². The van der Waals surface area contributed by atoms with Gasteiger partial charge in [0.05, 0.1) is 16.8 Å². The molecule has 0 bridgehead atoms. The monoisotopic (exact) mass is 297 g/mol. The minimum atomic E-state index is -0.923. The van der Waals surface area contributed by atoms with E-state index in [4.69, 9.17) is 0 Å². The second-order valence-corrected chi connectivity index (χ2v) is 4.82. The molecule has 1 fully saturated rings. The first-order chi connectivity index (χ1) is 8.20. The summed E-state index contributed by atoms with van der Waals surface area (Å²) in [6.45, 7) is 0. The number of imidazole rings is 1. The van der Waals surface area contributed by atoms with Crippen molar-refractivity contribution in [3.8, 4) is 0 Å². The summed E-state index contributed by atoms with van der Waals surface area (Å²) in [5.41, 5.74) is 0.720. The van der Waals surface area contributed by atoms with Crippen molar-refractivity contribution in [2.75, 3.05) is 4.90 Å². The molecule has 0 unspecified atom stereocenters. The number of anilines is 1. The molecule has 6 heteroatoms. The molecule has 0 saturated heterocycles. The molecule has 2 aromatic rings. The van der Waals surface area contributed by atoms with Gasteiger partial charge < -0.3 is 0 Å². The molecule has 1 saturated carbocycles. The van der Waals surface area contributed by atoms with Crippen LogP contribution in [0, 0.1) is 0 Å². The Morgan fingerprint density at radius 2 is 2.35 bits per heavy atom. The molecule has 2 atom stereocenters. The highest BCUT2D eigenvalue weighted by Gasteiger charge is 2.43. The number of amides is 1. The maximum Gasteiger partial charge on any atom is 0.215 e. The third kappa shape index (κ3) is 1.72. The maximum absolute atomic E-state index is 13.0. The van der Waals surface area contributed by atoms with Crippen LogP contribution in [0.2, 0.25) is 0 Å². The highest BCUT2D eigenvalue weighted by Crippen LogP contribution is 2.33. The minimum Gasteiger partial charge on any atom is -0.292 e. The van der Waals surface area contributed by atoms with Crippen LogP contribution in [0.3, 0.4) is 0 Å². The summed E-state index contributed by atoms with van der Waals surface area (Å²) in [7, 11) is 0. The van der Waals surface area contributed by atoms with Crippen LogP contribution in [0.5, 0.6) is 0 Å². The third-order valence-electron chi connectivity index (χ3n) is 2.85. The van der Waals surface area contributed by atoms with E-state index in [-0.39, 0.29) is 6.04 Å². The molecule has 1 amide bonds. The molecule has 0 aromatic carbocycles. The smallest absolute Gasteiger partial charge is 0.215 e. The van der Waals surface area contributed by atoms with Crippen molar-refractivity contribution in [1.82, 2.24) is 9.38 Å². The number of hydrogen-bond acceptors (Lipinski definition) is 2. The van der Waals surface area contributed by atoms with Crippen LogP contribution in [-0.2, 0) is 4.79 Å². The second-order valence-electron chi connectivity index (χ2n) is 4.01. The highest BCUT2D eigenvalue weighted by atomic mass is 79.9. The standard InChI is InChI=1S/C11H9BrFN3O/c12-9-2-1-3-10-14-11(5-15(9)10)16(6-17)8-4-7(8)13/h1-3,5-8H,4H2/t7-,8-/m1/s1. The number of alkyl halides is 1. The van der Waals surface area contributed by atoms with Crippen LogP contribution < -0.4 is 4.90 Å². The van der Waals surface area contributed by atoms with Gasteiger partial charge in [-0.2, -0.15) is 0 Å². The van der Waals surface area contributed by atoms with E-state index in [0.29, 0.717) is 18.6 Å². The van der Waals surface area contributed by atoms with Crippen LogP contribution >= 0.6 is 15.9 Å². The van der Waals surface area contributed by atoms with Gasteiger partial charge in [0.1, 0.15) is 11.8 Å². The topological polar surface area (TPSA) is 37.6 Å². The molecule has 2 heterocycles. The molecule has 17 heavy (non-hydrogen) atoms. The number of fused-ring (bicyclic) bond motifs is 1. The van der Waals surface area contributed by atoms with Gasteiger partial charge in [0, 0.05) is 6.42 Å². The summed E-state index contributed by atoms with van der Waals surface area (Å²) < 4.78 is 15.6. The number of hydrogen-bond donors (Lipinski definition) is 0. The molecule has 1 aliphatic rings. The van der Waals surface area contributed by atoms with E-state index in [1.807, 2.05) is 18.2 Å². The molecule has 88 valence electrons. The highest BCUT2D eigenvalue weighted by molar-refractivity contribution is 9.10. The molecular weight excluding hydrogens is 289 g/mol. The van der Waals surface area contributed by atoms with Crippen molar-refractivity contribution in [2.24, 2.45) is 0 Å². The van der Waals surface area contributed by atoms with Gasteiger partial charge in [0.25, 0.3) is 0 Å². The SMILES string of the molecule is O=CN(c1cn2c(Br)cccc2n1)[C@@H]1C[C@H]1F. The molecule has 3 rings (SSSR count). The molecule has 0 aliphatic heterocycles. The van der Waals surface area contributed by atoms with Gasteiger partial charge in [-0.15, -0.1) is 0 Å². The number of rotatable bonds is 3. The molecule has 2 aromatic heterocycles. The van der Waals surface area contributed by atoms with Crippen LogP contribution in [-0.4, -0.2) is 28.0 Å². The maximum atomic E-state index is 13.0. The number of aromatic nitrogens is 2. The zero-order valence-electron chi connectivity index (χ0n) is 8.75. The Balaban J connectivity index is 2.05. The van der Waals surface area contributed by atoms with Gasteiger partial charge in [-0.3, -0.25) is 14.1 Å². The normalized spacial score (nSPS) is 22.7. The number of carbonyl (C=O) groups is 1. The average molecular weight is 298 g/mol. The van der Waals surface area contributed by atoms with Gasteiger partial charge in [-0.1, -0.05) is 6.07 Å². The largest absolute Gasteiger partial charge is 0.292 e. The van der Waals surface area contributed by atoms with E-state index < -0.39 is 6.17 Å². The first kappa shape index (κ1) is 10.7. The molecule has 0 radical (unpaired) electrons. The summed E-state index contributed by atoms with van der Waals surface area (Å²) in [6, 6.07) is 5.21. The lowest BCUT2D eigenvalue weighted by Gasteiger charge is -2.11. The van der Waals surface area contributed by atoms with Crippen molar-refractivity contribution in [1.29, 1.82) is 0 Å². The first-order valence-electron chi connectivity index (χ1n) is 5.22. The number of carbonyl (C=O) groups excluding carboxylic acids is 1. The fourth-order valence-corrected chi connectivity index (χ4v) is 2.27. The number of pyridine rings is 1. The lowest BCUT2D eigenvalue weighted by atomic mass is 10.5. The van der Waals surface area contributed by atoms with E-state index >= 15 is 0 Å². The Bertz CT molecular complexity index is 585. The second kappa shape index (κ2) is 3.80. The summed E-state index contributed by atoms with van der Waals surface area (Å²) in [5, 5.41) is 0. The van der Waals surface area contributed by atoms with E-state index in [2.05, 4.69) is 20.9 Å². The van der Waals surface area contributed by atoms with Crippen molar-refractivity contribution in [3.63, 3.8) is 0 Å². The van der Waals surface area contributed by atoms with Crippen molar-refractivity contribution >= 4 is 33.8 Å². The summed E-state index contributed by atoms with van der Waals surface area (Å²) in [4.78, 5) is 16.6. The quantitative estimate of drug-likeness (QED) is 0.643. The van der Waals surface area contributed by atoms with Crippen LogP contribution in [0.4, 0.5) is 10.2 Å². The summed E-state index contributed by atoms with van der Waals surface area (Å²) in [5.74, 6) is 0.483. The third-order valence-corrected chi connectivity index (χ3v) is 3.49. The molecule has 0 spiro atoms. The van der Waals surface area contributed by atoms with Gasteiger partial charge in [0.2, 0.25) is 6.41 Å². The summed E-state index contributed by atoms with van der Waals surface area (Å²) >= 11 is 3.39. The van der Waals surface area contributed by atoms with Crippen molar-refractivity contribution in [3.05, 3.63) is 29.0 Å². The van der Waals surface area contributed by atoms with E-state index in [1.54, 1.807) is 10.6 Å². The first-order valence-corrected chi connectivity index (χ1v) is 6.01. The predicted octanol–water partition coefficient (Wildman–Crippen LogP) is 2.17. The zero-order chi connectivity index (χ0) is 12.0. The minimum absolute atomic E-state index is 0.351. The Labute approximate surface area is 105 Å². The lowest BCUT2D eigenvalue weighted by molar-refractivity contribution is -0.107. The molecule has 1 aliphatic carbocycles. The molecule has 4 nitrogen and oxygen atoms in total. The van der Waals surface area contributed by atoms with E-state index in [0.717, 1.165) is 10.3 Å². The van der Waals surface area contributed by atoms with Crippen LogP contribution in [0.15, 0.2) is 29.0 Å². The van der Waals surface area contributed by atoms with Gasteiger partial charge in [0.15, 0.2) is 5.82 Å². The van der Waals surface area contributed by atoms with Crippen LogP contribution in [0.25, 0.3) is 5.65 Å². The average Bonchev–Trinajstić information content (AvgIpc) is 2.87. The van der Waals surface area contributed by atoms with Crippen molar-refractivity contribution in [2.45, 2.75) is 18.6 Å². The Morgan fingerprint density at radius 1 is 1.59 bits per heavy atom. The number of nitrogens with zero attached hydrogens (tertiary/aromatic N) is 3. The Kier molecular flexibility index (Phi) is 2.39. The lowest BCUT2D eigenvalue weighted by Crippen LogP contribution is -2.25. The van der Waals surface area contributed by atoms with E-state index in [1.165, 1.54) is 4.90 Å². The van der Waals surface area contributed by atoms with Gasteiger partial charge in [-0.25, -0.2) is 9.37 Å². The predicted molar refractivity (Wildman–Crippen MR) is 64.7 cm³/mol. The van der Waals surface area contributed by atoms with Crippen molar-refractivity contribution < 1.29 is 9.18 Å². The fourth-order valence-electron chi connectivity index (χ4n) is 1.83. The molecular formula is C11H9BrFN3O. The van der Waals surface area contributed by atoms with Crippen LogP contribution in [0.1, 0.15) is 6.42 Å². The number of halogens is 2. The Hall–Kier alpha value is -1.43. The Morgan fingerprint density at radius 3 is 2.94 bits per heavy atom. The molecule has 0 N–H and O–H groups in total. The summed E-state index contributed by atoms with van der Waals surface area (Å²) in [6.07, 6.45) is 1.83. The van der Waals surface area contributed by atoms with Gasteiger partial charge in [-0.05, 0) is 28.1 Å². The zero-order valence-corrected chi connectivity index (χ0v) is 10.3. The van der Waals surface area contributed by atoms with Gasteiger partial charge >= 0.3 is 0 Å². The fraction of sp³-hybridized carbons (Fsp3) is 0.273.